The highest BCUT2D eigenvalue weighted by Crippen LogP contribution is 2.18. The van der Waals surface area contributed by atoms with Gasteiger partial charge in [0, 0.05) is 11.7 Å². The van der Waals surface area contributed by atoms with Gasteiger partial charge in [-0.3, -0.25) is 0 Å². The van der Waals surface area contributed by atoms with E-state index in [0.29, 0.717) is 10.9 Å². The fourth-order valence-electron chi connectivity index (χ4n) is 1.94. The average Bonchev–Trinajstić information content (AvgIpc) is 2.43. The normalized spacial score (nSPS) is 13.2. The van der Waals surface area contributed by atoms with E-state index in [0.717, 1.165) is 18.5 Å². The monoisotopic (exact) mass is 284 g/mol. The first-order chi connectivity index (χ1) is 9.03. The van der Waals surface area contributed by atoms with Gasteiger partial charge in [-0.05, 0) is 38.1 Å². The van der Waals surface area contributed by atoms with Crippen molar-refractivity contribution in [2.75, 3.05) is 12.4 Å². The van der Waals surface area contributed by atoms with Crippen LogP contribution in [0.15, 0.2) is 29.2 Å². The summed E-state index contributed by atoms with van der Waals surface area (Å²) in [6, 6.07) is 7.35. The molecule has 1 aromatic carbocycles. The molecule has 0 bridgehead atoms. The van der Waals surface area contributed by atoms with Gasteiger partial charge >= 0.3 is 0 Å². The second kappa shape index (κ2) is 7.50. The second-order valence-corrected chi connectivity index (χ2v) is 6.51. The Bertz CT molecular complexity index is 486. The summed E-state index contributed by atoms with van der Waals surface area (Å²) in [5.41, 5.74) is 0.860. The topological polar surface area (TPSA) is 58.2 Å². The molecule has 0 spiro atoms. The van der Waals surface area contributed by atoms with Crippen molar-refractivity contribution < 1.29 is 8.42 Å². The number of rotatable bonds is 8. The standard InChI is InChI=1S/C14H24N2O2S/c1-4-6-8-12(5-2)16-13-9-7-10-14(11-13)19(17,18)15-3/h7,9-12,15-16H,4-6,8H2,1-3H3. The summed E-state index contributed by atoms with van der Waals surface area (Å²) in [6.45, 7) is 4.31. The molecule has 0 aromatic heterocycles. The van der Waals surface area contributed by atoms with Crippen molar-refractivity contribution in [1.82, 2.24) is 4.72 Å². The Labute approximate surface area is 116 Å². The molecule has 0 radical (unpaired) electrons. The molecular weight excluding hydrogens is 260 g/mol. The van der Waals surface area contributed by atoms with Crippen molar-refractivity contribution >= 4 is 15.7 Å². The average molecular weight is 284 g/mol. The first kappa shape index (κ1) is 16.0. The van der Waals surface area contributed by atoms with Crippen molar-refractivity contribution in [1.29, 1.82) is 0 Å². The first-order valence-electron chi connectivity index (χ1n) is 6.83. The zero-order valence-corrected chi connectivity index (χ0v) is 12.8. The van der Waals surface area contributed by atoms with Gasteiger partial charge in [0.15, 0.2) is 0 Å². The van der Waals surface area contributed by atoms with Gasteiger partial charge in [-0.2, -0.15) is 0 Å². The molecule has 0 heterocycles. The van der Waals surface area contributed by atoms with Gasteiger partial charge in [0.1, 0.15) is 0 Å². The number of hydrogen-bond donors (Lipinski definition) is 2. The molecule has 0 aliphatic heterocycles. The molecule has 1 atom stereocenters. The quantitative estimate of drug-likeness (QED) is 0.771. The molecule has 5 heteroatoms. The molecule has 0 aliphatic rings. The van der Waals surface area contributed by atoms with Gasteiger partial charge in [0.2, 0.25) is 10.0 Å². The van der Waals surface area contributed by atoms with Gasteiger partial charge in [0.25, 0.3) is 0 Å². The Morgan fingerprint density at radius 3 is 2.58 bits per heavy atom. The zero-order chi connectivity index (χ0) is 14.3. The highest BCUT2D eigenvalue weighted by atomic mass is 32.2. The van der Waals surface area contributed by atoms with Gasteiger partial charge < -0.3 is 5.32 Å². The zero-order valence-electron chi connectivity index (χ0n) is 11.9. The SMILES string of the molecule is CCCCC(CC)Nc1cccc(S(=O)(=O)NC)c1. The fourth-order valence-corrected chi connectivity index (χ4v) is 2.71. The van der Waals surface area contributed by atoms with Crippen molar-refractivity contribution in [3.63, 3.8) is 0 Å². The van der Waals surface area contributed by atoms with Crippen LogP contribution in [0.1, 0.15) is 39.5 Å². The van der Waals surface area contributed by atoms with Crippen LogP contribution in [0.3, 0.4) is 0 Å². The third-order valence-electron chi connectivity index (χ3n) is 3.18. The smallest absolute Gasteiger partial charge is 0.240 e. The highest BCUT2D eigenvalue weighted by molar-refractivity contribution is 7.89. The van der Waals surface area contributed by atoms with Crippen LogP contribution < -0.4 is 10.0 Å². The van der Waals surface area contributed by atoms with E-state index in [-0.39, 0.29) is 0 Å². The molecule has 2 N–H and O–H groups in total. The maximum atomic E-state index is 11.7. The molecule has 1 unspecified atom stereocenters. The van der Waals surface area contributed by atoms with Gasteiger partial charge in [0.05, 0.1) is 4.90 Å². The molecule has 0 fully saturated rings. The van der Waals surface area contributed by atoms with Crippen LogP contribution in [0, 0.1) is 0 Å². The van der Waals surface area contributed by atoms with Crippen LogP contribution in [0.2, 0.25) is 0 Å². The molecule has 0 aliphatic carbocycles. The summed E-state index contributed by atoms with van der Waals surface area (Å²) in [4.78, 5) is 0.297. The van der Waals surface area contributed by atoms with Crippen LogP contribution in [0.25, 0.3) is 0 Å². The molecule has 0 saturated heterocycles. The van der Waals surface area contributed by atoms with Crippen LogP contribution >= 0.6 is 0 Å². The van der Waals surface area contributed by atoms with Crippen molar-refractivity contribution in [3.05, 3.63) is 24.3 Å². The molecular formula is C14H24N2O2S. The largest absolute Gasteiger partial charge is 0.382 e. The van der Waals surface area contributed by atoms with E-state index in [9.17, 15) is 8.42 Å². The van der Waals surface area contributed by atoms with E-state index in [1.807, 2.05) is 6.07 Å². The van der Waals surface area contributed by atoms with E-state index in [2.05, 4.69) is 23.9 Å². The first-order valence-corrected chi connectivity index (χ1v) is 8.32. The minimum atomic E-state index is -3.37. The van der Waals surface area contributed by atoms with Crippen molar-refractivity contribution in [3.8, 4) is 0 Å². The van der Waals surface area contributed by atoms with Crippen LogP contribution in [0.5, 0.6) is 0 Å². The van der Waals surface area contributed by atoms with Crippen LogP contribution in [0.4, 0.5) is 5.69 Å². The van der Waals surface area contributed by atoms with E-state index in [1.54, 1.807) is 18.2 Å². The molecule has 4 nitrogen and oxygen atoms in total. The predicted octanol–water partition coefficient (Wildman–Crippen LogP) is 2.98. The Kier molecular flexibility index (Phi) is 6.31. The van der Waals surface area contributed by atoms with E-state index >= 15 is 0 Å². The molecule has 19 heavy (non-hydrogen) atoms. The molecule has 0 saturated carbocycles. The molecule has 108 valence electrons. The number of hydrogen-bond acceptors (Lipinski definition) is 3. The predicted molar refractivity (Wildman–Crippen MR) is 79.9 cm³/mol. The lowest BCUT2D eigenvalue weighted by Crippen LogP contribution is -2.20. The molecule has 1 aromatic rings. The Balaban J connectivity index is 2.82. The minimum absolute atomic E-state index is 0.297. The summed E-state index contributed by atoms with van der Waals surface area (Å²) in [5, 5.41) is 3.41. The van der Waals surface area contributed by atoms with Gasteiger partial charge in [-0.25, -0.2) is 13.1 Å². The lowest BCUT2D eigenvalue weighted by atomic mass is 10.1. The third-order valence-corrected chi connectivity index (χ3v) is 4.59. The fraction of sp³-hybridized carbons (Fsp3) is 0.571. The van der Waals surface area contributed by atoms with Gasteiger partial charge in [-0.15, -0.1) is 0 Å². The third kappa shape index (κ3) is 4.84. The summed E-state index contributed by atoms with van der Waals surface area (Å²) in [7, 11) is -1.95. The number of nitrogens with one attached hydrogen (secondary N) is 2. The minimum Gasteiger partial charge on any atom is -0.382 e. The number of anilines is 1. The number of unbranched alkanes of at least 4 members (excludes halogenated alkanes) is 1. The Morgan fingerprint density at radius 2 is 2.00 bits per heavy atom. The maximum Gasteiger partial charge on any atom is 0.240 e. The van der Waals surface area contributed by atoms with Crippen LogP contribution in [-0.4, -0.2) is 21.5 Å². The van der Waals surface area contributed by atoms with Gasteiger partial charge in [-0.1, -0.05) is 32.8 Å². The van der Waals surface area contributed by atoms with Crippen molar-refractivity contribution in [2.24, 2.45) is 0 Å². The maximum absolute atomic E-state index is 11.7. The number of benzene rings is 1. The molecule has 0 amide bonds. The van der Waals surface area contributed by atoms with Crippen molar-refractivity contribution in [2.45, 2.75) is 50.5 Å². The van der Waals surface area contributed by atoms with E-state index in [1.165, 1.54) is 19.9 Å². The second-order valence-electron chi connectivity index (χ2n) is 4.63. The Hall–Kier alpha value is -1.07. The van der Waals surface area contributed by atoms with E-state index < -0.39 is 10.0 Å². The Morgan fingerprint density at radius 1 is 1.26 bits per heavy atom. The van der Waals surface area contributed by atoms with Crippen LogP contribution in [-0.2, 0) is 10.0 Å². The summed E-state index contributed by atoms with van der Waals surface area (Å²) >= 11 is 0. The summed E-state index contributed by atoms with van der Waals surface area (Å²) < 4.78 is 25.8. The van der Waals surface area contributed by atoms with E-state index in [4.69, 9.17) is 0 Å². The number of sulfonamides is 1. The lowest BCUT2D eigenvalue weighted by molar-refractivity contribution is 0.587. The lowest BCUT2D eigenvalue weighted by Gasteiger charge is -2.18. The molecule has 1 rings (SSSR count). The summed E-state index contributed by atoms with van der Waals surface area (Å²) in [6.07, 6.45) is 4.49. The summed E-state index contributed by atoms with van der Waals surface area (Å²) in [5.74, 6) is 0. The highest BCUT2D eigenvalue weighted by Gasteiger charge is 2.12.